The monoisotopic (exact) mass is 267 g/mol. The number of carbonyl (C=O) groups is 1. The summed E-state index contributed by atoms with van der Waals surface area (Å²) in [7, 11) is -0.404. The molecule has 0 atom stereocenters. The smallest absolute Gasteiger partial charge is 0.130 e. The van der Waals surface area contributed by atoms with Crippen molar-refractivity contribution in [3.8, 4) is 0 Å². The molecular formula is C16H17BOP. The summed E-state index contributed by atoms with van der Waals surface area (Å²) in [6.07, 6.45) is 1.61. The van der Waals surface area contributed by atoms with E-state index in [4.69, 9.17) is 0 Å². The van der Waals surface area contributed by atoms with Gasteiger partial charge in [-0.1, -0.05) is 60.7 Å². The third kappa shape index (κ3) is 4.65. The van der Waals surface area contributed by atoms with Gasteiger partial charge in [0.2, 0.25) is 0 Å². The van der Waals surface area contributed by atoms with Gasteiger partial charge < -0.3 is 4.79 Å². The Morgan fingerprint density at radius 3 is 1.68 bits per heavy atom. The fourth-order valence-electron chi connectivity index (χ4n) is 1.89. The van der Waals surface area contributed by atoms with Gasteiger partial charge in [-0.15, -0.1) is 0 Å². The lowest BCUT2D eigenvalue weighted by atomic mass is 10.3. The number of rotatable bonds is 5. The Morgan fingerprint density at radius 1 is 0.895 bits per heavy atom. The van der Waals surface area contributed by atoms with E-state index in [2.05, 4.69) is 48.5 Å². The highest BCUT2D eigenvalue weighted by atomic mass is 31.1. The first-order valence-electron chi connectivity index (χ1n) is 6.14. The molecule has 0 N–H and O–H groups in total. The standard InChI is InChI=1S/C16H17OP.B/c1-14(17)12-13-18(15-8-4-2-5-9-15)16-10-6-3-7-11-16;/h2-11H,12-13H2,1H3;. The second-order valence-electron chi connectivity index (χ2n) is 4.27. The van der Waals surface area contributed by atoms with Crippen LogP contribution in [0.1, 0.15) is 13.3 Å². The van der Waals surface area contributed by atoms with Gasteiger partial charge in [0.05, 0.1) is 0 Å². The summed E-state index contributed by atoms with van der Waals surface area (Å²) in [5.41, 5.74) is 0. The highest BCUT2D eigenvalue weighted by molar-refractivity contribution is 7.73. The van der Waals surface area contributed by atoms with Gasteiger partial charge in [0.1, 0.15) is 5.78 Å². The van der Waals surface area contributed by atoms with Crippen LogP contribution in [0, 0.1) is 0 Å². The van der Waals surface area contributed by atoms with Gasteiger partial charge in [-0.3, -0.25) is 0 Å². The van der Waals surface area contributed by atoms with Crippen LogP contribution in [0.5, 0.6) is 0 Å². The molecule has 3 heteroatoms. The van der Waals surface area contributed by atoms with Gasteiger partial charge in [0, 0.05) is 14.8 Å². The summed E-state index contributed by atoms with van der Waals surface area (Å²) in [5.74, 6) is 0.273. The third-order valence-electron chi connectivity index (χ3n) is 2.82. The Bertz CT molecular complexity index is 459. The van der Waals surface area contributed by atoms with Crippen LogP contribution in [0.25, 0.3) is 0 Å². The predicted molar refractivity (Wildman–Crippen MR) is 85.0 cm³/mol. The van der Waals surface area contributed by atoms with Crippen molar-refractivity contribution in [3.63, 3.8) is 0 Å². The molecule has 0 aliphatic heterocycles. The van der Waals surface area contributed by atoms with Crippen LogP contribution in [-0.2, 0) is 4.79 Å². The molecule has 0 aromatic heterocycles. The Hall–Kier alpha value is -1.40. The lowest BCUT2D eigenvalue weighted by molar-refractivity contribution is -0.116. The zero-order chi connectivity index (χ0) is 12.8. The number of Topliss-reactive ketones (excluding diaryl/α,β-unsaturated/α-hetero) is 1. The molecule has 19 heavy (non-hydrogen) atoms. The summed E-state index contributed by atoms with van der Waals surface area (Å²) in [4.78, 5) is 11.2. The van der Waals surface area contributed by atoms with Crippen LogP contribution >= 0.6 is 7.92 Å². The molecule has 1 nitrogen and oxygen atoms in total. The topological polar surface area (TPSA) is 17.1 Å². The van der Waals surface area contributed by atoms with Gasteiger partial charge in [-0.2, -0.15) is 0 Å². The number of hydrogen-bond acceptors (Lipinski definition) is 1. The Kier molecular flexibility index (Phi) is 6.52. The first kappa shape index (κ1) is 15.7. The van der Waals surface area contributed by atoms with E-state index in [0.29, 0.717) is 6.42 Å². The van der Waals surface area contributed by atoms with E-state index in [9.17, 15) is 4.79 Å². The molecule has 0 aliphatic carbocycles. The van der Waals surface area contributed by atoms with Crippen molar-refractivity contribution in [2.75, 3.05) is 6.16 Å². The molecule has 0 aliphatic rings. The minimum Gasteiger partial charge on any atom is -0.300 e. The van der Waals surface area contributed by atoms with E-state index >= 15 is 0 Å². The zero-order valence-electron chi connectivity index (χ0n) is 11.1. The highest BCUT2D eigenvalue weighted by Crippen LogP contribution is 2.33. The molecule has 2 aromatic rings. The molecule has 0 bridgehead atoms. The van der Waals surface area contributed by atoms with E-state index in [0.717, 1.165) is 6.16 Å². The number of ketones is 1. The van der Waals surface area contributed by atoms with Gasteiger partial charge in [-0.25, -0.2) is 0 Å². The number of benzene rings is 2. The molecule has 0 spiro atoms. The van der Waals surface area contributed by atoms with Crippen molar-refractivity contribution < 1.29 is 4.79 Å². The maximum absolute atomic E-state index is 11.2. The van der Waals surface area contributed by atoms with Crippen molar-refractivity contribution in [1.29, 1.82) is 0 Å². The predicted octanol–water partition coefficient (Wildman–Crippen LogP) is 2.72. The first-order chi connectivity index (χ1) is 8.77. The van der Waals surface area contributed by atoms with Crippen LogP contribution in [0.15, 0.2) is 60.7 Å². The molecule has 0 saturated carbocycles. The van der Waals surface area contributed by atoms with Crippen molar-refractivity contribution in [2.24, 2.45) is 0 Å². The summed E-state index contributed by atoms with van der Waals surface area (Å²) < 4.78 is 0. The lowest BCUT2D eigenvalue weighted by Crippen LogP contribution is -2.14. The summed E-state index contributed by atoms with van der Waals surface area (Å²) in [6.45, 7) is 1.67. The van der Waals surface area contributed by atoms with Crippen molar-refractivity contribution in [2.45, 2.75) is 13.3 Å². The average Bonchev–Trinajstić information content (AvgIpc) is 2.41. The average molecular weight is 267 g/mol. The van der Waals surface area contributed by atoms with E-state index < -0.39 is 7.92 Å². The normalized spacial score (nSPS) is 10.0. The molecule has 2 aromatic carbocycles. The van der Waals surface area contributed by atoms with Gasteiger partial charge in [-0.05, 0) is 31.6 Å². The quantitative estimate of drug-likeness (QED) is 0.601. The molecule has 0 unspecified atom stereocenters. The largest absolute Gasteiger partial charge is 0.300 e. The van der Waals surface area contributed by atoms with Gasteiger partial charge in [0.15, 0.2) is 0 Å². The summed E-state index contributed by atoms with van der Waals surface area (Å²) in [6, 6.07) is 21.0. The Balaban J connectivity index is 0.00000180. The molecule has 2 rings (SSSR count). The van der Waals surface area contributed by atoms with E-state index in [1.54, 1.807) is 6.92 Å². The number of carbonyl (C=O) groups excluding carboxylic acids is 1. The molecule has 0 heterocycles. The third-order valence-corrected chi connectivity index (χ3v) is 5.34. The molecule has 0 fully saturated rings. The van der Waals surface area contributed by atoms with Crippen molar-refractivity contribution >= 4 is 32.7 Å². The molecule has 0 saturated heterocycles. The summed E-state index contributed by atoms with van der Waals surface area (Å²) >= 11 is 0. The van der Waals surface area contributed by atoms with Crippen molar-refractivity contribution in [1.82, 2.24) is 0 Å². The Morgan fingerprint density at radius 2 is 1.32 bits per heavy atom. The minimum absolute atomic E-state index is 0. The SMILES string of the molecule is CC(=O)CCP(c1ccccc1)c1ccccc1.[B]. The maximum atomic E-state index is 11.2. The number of hydrogen-bond donors (Lipinski definition) is 0. The van der Waals surface area contributed by atoms with Crippen LogP contribution in [0.3, 0.4) is 0 Å². The minimum atomic E-state index is -0.404. The van der Waals surface area contributed by atoms with E-state index in [1.807, 2.05) is 12.1 Å². The lowest BCUT2D eigenvalue weighted by Gasteiger charge is -2.17. The zero-order valence-corrected chi connectivity index (χ0v) is 12.0. The second-order valence-corrected chi connectivity index (χ2v) is 6.61. The van der Waals surface area contributed by atoms with Gasteiger partial charge >= 0.3 is 0 Å². The first-order valence-corrected chi connectivity index (χ1v) is 7.67. The van der Waals surface area contributed by atoms with Gasteiger partial charge in [0.25, 0.3) is 0 Å². The fraction of sp³-hybridized carbons (Fsp3) is 0.188. The fourth-order valence-corrected chi connectivity index (χ4v) is 4.31. The Labute approximate surface area is 118 Å². The van der Waals surface area contributed by atoms with Crippen LogP contribution < -0.4 is 10.6 Å². The van der Waals surface area contributed by atoms with E-state index in [-0.39, 0.29) is 14.2 Å². The van der Waals surface area contributed by atoms with Crippen LogP contribution in [0.4, 0.5) is 0 Å². The van der Waals surface area contributed by atoms with Crippen LogP contribution in [0.2, 0.25) is 0 Å². The van der Waals surface area contributed by atoms with E-state index in [1.165, 1.54) is 10.6 Å². The molecule has 0 amide bonds. The van der Waals surface area contributed by atoms with Crippen LogP contribution in [-0.4, -0.2) is 20.4 Å². The highest BCUT2D eigenvalue weighted by Gasteiger charge is 2.13. The molecule has 95 valence electrons. The maximum Gasteiger partial charge on any atom is 0.130 e. The van der Waals surface area contributed by atoms with Crippen molar-refractivity contribution in [3.05, 3.63) is 60.7 Å². The summed E-state index contributed by atoms with van der Waals surface area (Å²) in [5, 5.41) is 2.69. The molecular weight excluding hydrogens is 250 g/mol. The second kappa shape index (κ2) is 7.91. The molecule has 3 radical (unpaired) electrons.